The molecule has 0 fully saturated rings. The van der Waals surface area contributed by atoms with Crippen LogP contribution in [0.2, 0.25) is 0 Å². The fourth-order valence-electron chi connectivity index (χ4n) is 2.11. The fourth-order valence-corrected chi connectivity index (χ4v) is 2.11. The van der Waals surface area contributed by atoms with Crippen LogP contribution in [0, 0.1) is 24.0 Å². The van der Waals surface area contributed by atoms with Crippen LogP contribution in [0.25, 0.3) is 0 Å². The Kier molecular flexibility index (Phi) is 5.50. The number of anilines is 1. The van der Waals surface area contributed by atoms with Crippen molar-refractivity contribution in [1.29, 1.82) is 0 Å². The molecule has 2 rings (SSSR count). The molecule has 1 aromatic heterocycles. The molecule has 0 aliphatic rings. The van der Waals surface area contributed by atoms with Crippen LogP contribution in [0.1, 0.15) is 27.4 Å². The SMILES string of the molecule is Cc1ccc(NC(=O)COC(=O)c2cc(CO)oc2C)cc1[N+](=O)[O-]. The molecule has 0 saturated heterocycles. The van der Waals surface area contributed by atoms with Crippen molar-refractivity contribution in [3.8, 4) is 0 Å². The molecule has 25 heavy (non-hydrogen) atoms. The zero-order valence-corrected chi connectivity index (χ0v) is 13.6. The van der Waals surface area contributed by atoms with Crippen molar-refractivity contribution in [3.05, 3.63) is 57.0 Å². The summed E-state index contributed by atoms with van der Waals surface area (Å²) in [5.74, 6) is -0.939. The Hall–Kier alpha value is -3.20. The molecule has 9 nitrogen and oxygen atoms in total. The van der Waals surface area contributed by atoms with Crippen molar-refractivity contribution in [2.75, 3.05) is 11.9 Å². The molecule has 0 spiro atoms. The molecule has 1 amide bonds. The molecule has 0 aliphatic carbocycles. The van der Waals surface area contributed by atoms with E-state index in [9.17, 15) is 19.7 Å². The quantitative estimate of drug-likeness (QED) is 0.464. The molecular formula is C16H16N2O7. The third kappa shape index (κ3) is 4.42. The molecular weight excluding hydrogens is 332 g/mol. The molecule has 2 aromatic rings. The first-order valence-corrected chi connectivity index (χ1v) is 7.24. The number of hydrogen-bond acceptors (Lipinski definition) is 7. The van der Waals surface area contributed by atoms with Crippen molar-refractivity contribution in [2.24, 2.45) is 0 Å². The molecule has 0 aliphatic heterocycles. The number of benzene rings is 1. The summed E-state index contributed by atoms with van der Waals surface area (Å²) in [4.78, 5) is 34.1. The summed E-state index contributed by atoms with van der Waals surface area (Å²) in [7, 11) is 0. The van der Waals surface area contributed by atoms with Gasteiger partial charge in [0.05, 0.1) is 4.92 Å². The first kappa shape index (κ1) is 18.1. The third-order valence-electron chi connectivity index (χ3n) is 3.37. The van der Waals surface area contributed by atoms with Crippen molar-refractivity contribution in [2.45, 2.75) is 20.5 Å². The van der Waals surface area contributed by atoms with Crippen LogP contribution in [-0.4, -0.2) is 28.5 Å². The maximum atomic E-state index is 11.9. The first-order chi connectivity index (χ1) is 11.8. The van der Waals surface area contributed by atoms with Gasteiger partial charge in [-0.1, -0.05) is 6.07 Å². The highest BCUT2D eigenvalue weighted by Crippen LogP contribution is 2.22. The summed E-state index contributed by atoms with van der Waals surface area (Å²) in [6.07, 6.45) is 0. The number of nitrogens with one attached hydrogen (secondary N) is 1. The van der Waals surface area contributed by atoms with Gasteiger partial charge in [0.2, 0.25) is 0 Å². The second-order valence-corrected chi connectivity index (χ2v) is 5.22. The van der Waals surface area contributed by atoms with Gasteiger partial charge in [0.1, 0.15) is 23.7 Å². The van der Waals surface area contributed by atoms with Crippen molar-refractivity contribution in [1.82, 2.24) is 0 Å². The van der Waals surface area contributed by atoms with Crippen LogP contribution in [0.4, 0.5) is 11.4 Å². The number of aryl methyl sites for hydroxylation is 2. The van der Waals surface area contributed by atoms with Gasteiger partial charge in [-0.25, -0.2) is 4.79 Å². The van der Waals surface area contributed by atoms with Crippen molar-refractivity contribution < 1.29 is 28.8 Å². The monoisotopic (exact) mass is 348 g/mol. The summed E-state index contributed by atoms with van der Waals surface area (Å²) < 4.78 is 9.99. The van der Waals surface area contributed by atoms with E-state index in [1.54, 1.807) is 6.92 Å². The van der Waals surface area contributed by atoms with Crippen LogP contribution >= 0.6 is 0 Å². The zero-order valence-electron chi connectivity index (χ0n) is 13.6. The molecule has 0 saturated carbocycles. The van der Waals surface area contributed by atoms with Crippen LogP contribution in [0.5, 0.6) is 0 Å². The topological polar surface area (TPSA) is 132 Å². The van der Waals surface area contributed by atoms with E-state index in [1.807, 2.05) is 0 Å². The number of ether oxygens (including phenoxy) is 1. The Morgan fingerprint density at radius 1 is 1.32 bits per heavy atom. The summed E-state index contributed by atoms with van der Waals surface area (Å²) in [6.45, 7) is 2.18. The van der Waals surface area contributed by atoms with Gasteiger partial charge in [-0.15, -0.1) is 0 Å². The van der Waals surface area contributed by atoms with Gasteiger partial charge in [-0.05, 0) is 26.0 Å². The maximum absolute atomic E-state index is 11.9. The van der Waals surface area contributed by atoms with E-state index in [4.69, 9.17) is 14.3 Å². The van der Waals surface area contributed by atoms with Crippen molar-refractivity contribution in [3.63, 3.8) is 0 Å². The number of nitro benzene ring substituents is 1. The minimum absolute atomic E-state index is 0.114. The Bertz CT molecular complexity index is 826. The number of aliphatic hydroxyl groups excluding tert-OH is 1. The number of carbonyl (C=O) groups excluding carboxylic acids is 2. The number of esters is 1. The molecule has 1 heterocycles. The number of nitrogens with zero attached hydrogens (tertiary/aromatic N) is 1. The lowest BCUT2D eigenvalue weighted by atomic mass is 10.2. The highest BCUT2D eigenvalue weighted by molar-refractivity contribution is 5.96. The van der Waals surface area contributed by atoms with Gasteiger partial charge in [0.25, 0.3) is 11.6 Å². The minimum atomic E-state index is -0.772. The number of amides is 1. The lowest BCUT2D eigenvalue weighted by Gasteiger charge is -2.07. The highest BCUT2D eigenvalue weighted by atomic mass is 16.6. The van der Waals surface area contributed by atoms with Crippen LogP contribution < -0.4 is 5.32 Å². The lowest BCUT2D eigenvalue weighted by molar-refractivity contribution is -0.385. The molecule has 0 atom stereocenters. The van der Waals surface area contributed by atoms with Gasteiger partial charge in [-0.2, -0.15) is 0 Å². The number of carbonyl (C=O) groups is 2. The van der Waals surface area contributed by atoms with Gasteiger partial charge < -0.3 is 19.6 Å². The Labute approximate surface area is 142 Å². The van der Waals surface area contributed by atoms with E-state index in [0.717, 1.165) is 0 Å². The predicted octanol–water partition coefficient (Wildman–Crippen LogP) is 2.09. The van der Waals surface area contributed by atoms with Gasteiger partial charge >= 0.3 is 5.97 Å². The van der Waals surface area contributed by atoms with E-state index < -0.39 is 23.4 Å². The van der Waals surface area contributed by atoms with E-state index in [2.05, 4.69) is 5.32 Å². The number of rotatable bonds is 6. The minimum Gasteiger partial charge on any atom is -0.463 e. The van der Waals surface area contributed by atoms with E-state index in [0.29, 0.717) is 5.56 Å². The first-order valence-electron chi connectivity index (χ1n) is 7.24. The average molecular weight is 348 g/mol. The number of hydrogen-bond donors (Lipinski definition) is 2. The molecule has 2 N–H and O–H groups in total. The molecule has 9 heteroatoms. The molecule has 0 bridgehead atoms. The standard InChI is InChI=1S/C16H16N2O7/c1-9-3-4-11(5-14(9)18(22)23)17-15(20)8-24-16(21)13-6-12(7-19)25-10(13)2/h3-6,19H,7-8H2,1-2H3,(H,17,20). The van der Waals surface area contributed by atoms with Crippen LogP contribution in [0.15, 0.2) is 28.7 Å². The summed E-state index contributed by atoms with van der Waals surface area (Å²) in [6, 6.07) is 5.57. The van der Waals surface area contributed by atoms with Gasteiger partial charge in [0.15, 0.2) is 6.61 Å². The number of aliphatic hydroxyl groups is 1. The molecule has 1 aromatic carbocycles. The fraction of sp³-hybridized carbons (Fsp3) is 0.250. The average Bonchev–Trinajstić information content (AvgIpc) is 2.95. The summed E-state index contributed by atoms with van der Waals surface area (Å²) >= 11 is 0. The molecule has 132 valence electrons. The number of furan rings is 1. The van der Waals surface area contributed by atoms with Crippen molar-refractivity contribution >= 4 is 23.3 Å². The van der Waals surface area contributed by atoms with E-state index in [1.165, 1.54) is 31.2 Å². The lowest BCUT2D eigenvalue weighted by Crippen LogP contribution is -2.21. The summed E-state index contributed by atoms with van der Waals surface area (Å²) in [5.41, 5.74) is 0.674. The third-order valence-corrected chi connectivity index (χ3v) is 3.37. The molecule has 0 unspecified atom stereocenters. The summed E-state index contributed by atoms with van der Waals surface area (Å²) in [5, 5.41) is 22.3. The largest absolute Gasteiger partial charge is 0.463 e. The Morgan fingerprint density at radius 2 is 2.04 bits per heavy atom. The van der Waals surface area contributed by atoms with E-state index in [-0.39, 0.29) is 35.1 Å². The normalized spacial score (nSPS) is 10.4. The maximum Gasteiger partial charge on any atom is 0.342 e. The second-order valence-electron chi connectivity index (χ2n) is 5.22. The highest BCUT2D eigenvalue weighted by Gasteiger charge is 2.18. The Morgan fingerprint density at radius 3 is 2.64 bits per heavy atom. The van der Waals surface area contributed by atoms with Crippen LogP contribution in [0.3, 0.4) is 0 Å². The van der Waals surface area contributed by atoms with Crippen LogP contribution in [-0.2, 0) is 16.1 Å². The number of nitro groups is 1. The van der Waals surface area contributed by atoms with Gasteiger partial charge in [-0.3, -0.25) is 14.9 Å². The van der Waals surface area contributed by atoms with Gasteiger partial charge in [0, 0.05) is 17.3 Å². The zero-order chi connectivity index (χ0) is 18.6. The predicted molar refractivity (Wildman–Crippen MR) is 86.1 cm³/mol. The second kappa shape index (κ2) is 7.58. The van der Waals surface area contributed by atoms with E-state index >= 15 is 0 Å². The smallest absolute Gasteiger partial charge is 0.342 e. The molecule has 0 radical (unpaired) electrons. The Balaban J connectivity index is 1.96.